The van der Waals surface area contributed by atoms with E-state index < -0.39 is 0 Å². The van der Waals surface area contributed by atoms with Gasteiger partial charge in [-0.05, 0) is 19.8 Å². The molecule has 0 bridgehead atoms. The van der Waals surface area contributed by atoms with Crippen molar-refractivity contribution in [3.05, 3.63) is 0 Å². The van der Waals surface area contributed by atoms with Crippen molar-refractivity contribution in [2.45, 2.75) is 37.3 Å². The van der Waals surface area contributed by atoms with Crippen molar-refractivity contribution in [1.29, 1.82) is 0 Å². The minimum Gasteiger partial charge on any atom is -0.379 e. The Morgan fingerprint density at radius 1 is 1.70 bits per heavy atom. The van der Waals surface area contributed by atoms with Gasteiger partial charge in [0, 0.05) is 6.61 Å². The van der Waals surface area contributed by atoms with Gasteiger partial charge in [0.05, 0.1) is 6.10 Å². The highest BCUT2D eigenvalue weighted by atomic mass is 35.5. The van der Waals surface area contributed by atoms with E-state index in [9.17, 15) is 0 Å². The van der Waals surface area contributed by atoms with Gasteiger partial charge in [0.1, 0.15) is 0 Å². The van der Waals surface area contributed by atoms with E-state index in [1.165, 1.54) is 17.4 Å². The molecule has 1 fully saturated rings. The van der Waals surface area contributed by atoms with Gasteiger partial charge in [-0.15, -0.1) is 4.55 Å². The largest absolute Gasteiger partial charge is 0.500 e. The highest BCUT2D eigenvalue weighted by molar-refractivity contribution is 6.93. The fourth-order valence-corrected chi connectivity index (χ4v) is 0.739. The lowest BCUT2D eigenvalue weighted by Gasteiger charge is -1.94. The van der Waals surface area contributed by atoms with Gasteiger partial charge in [-0.25, -0.2) is 0 Å². The normalized spacial score (nSPS) is 22.9. The molecule has 0 aromatic rings. The summed E-state index contributed by atoms with van der Waals surface area (Å²) in [6.07, 6.45) is 3.08. The number of hydrogen-bond acceptors (Lipinski definition) is 1. The van der Waals surface area contributed by atoms with Crippen molar-refractivity contribution in [3.8, 4) is 0 Å². The van der Waals surface area contributed by atoms with E-state index >= 15 is 0 Å². The van der Waals surface area contributed by atoms with E-state index in [-0.39, 0.29) is 19.3 Å². The summed E-state index contributed by atoms with van der Waals surface area (Å²) in [5.41, 5.74) is 0. The second-order valence-electron chi connectivity index (χ2n) is 2.51. The molecule has 1 saturated heterocycles. The van der Waals surface area contributed by atoms with Crippen LogP contribution in [0.4, 0.5) is 0 Å². The van der Waals surface area contributed by atoms with Gasteiger partial charge in [0.2, 0.25) is 0 Å². The Labute approximate surface area is 77.0 Å². The maximum Gasteiger partial charge on any atom is 0.500 e. The van der Waals surface area contributed by atoms with Crippen LogP contribution in [-0.2, 0) is 4.74 Å². The quantitative estimate of drug-likeness (QED) is 0.556. The number of halogens is 1. The zero-order valence-electron chi connectivity index (χ0n) is 6.90. The Balaban J connectivity index is 0.000000180. The molecule has 58 valence electrons. The van der Waals surface area contributed by atoms with Crippen molar-refractivity contribution in [1.82, 2.24) is 0 Å². The highest BCUT2D eigenvalue weighted by Gasteiger charge is 2.07. The SMILES string of the molecule is CC1CCCO1.C[CH2][Mg][Cl]. The fourth-order valence-electron chi connectivity index (χ4n) is 0.739. The fraction of sp³-hybridized carbons (Fsp3) is 1.00. The van der Waals surface area contributed by atoms with E-state index in [4.69, 9.17) is 13.8 Å². The zero-order chi connectivity index (χ0) is 7.82. The van der Waals surface area contributed by atoms with Gasteiger partial charge in [-0.3, -0.25) is 0 Å². The first kappa shape index (κ1) is 11.0. The summed E-state index contributed by atoms with van der Waals surface area (Å²) < 4.78 is 6.38. The maximum atomic E-state index is 5.32. The van der Waals surface area contributed by atoms with Gasteiger partial charge in [-0.2, -0.15) is 0 Å². The standard InChI is InChI=1S/C5H10O.C2H5.ClH.Mg/c1-5-3-2-4-6-5;1-2;;/h5H,2-4H2,1H3;1H2,2H3;1H;/q;;;+1/p-1. The summed E-state index contributed by atoms with van der Waals surface area (Å²) in [7, 11) is 5.32. The molecule has 0 amide bonds. The molecule has 0 saturated carbocycles. The molecule has 0 aromatic heterocycles. The minimum absolute atomic E-state index is 0.103. The predicted octanol–water partition coefficient (Wildman–Crippen LogP) is 2.47. The second-order valence-corrected chi connectivity index (χ2v) is 5.02. The molecule has 1 aliphatic rings. The summed E-state index contributed by atoms with van der Waals surface area (Å²) in [5, 5.41) is 0. The number of hydrogen-bond donors (Lipinski definition) is 0. The first-order valence-electron chi connectivity index (χ1n) is 3.98. The van der Waals surface area contributed by atoms with Crippen LogP contribution in [0, 0.1) is 0 Å². The van der Waals surface area contributed by atoms with Gasteiger partial charge >= 0.3 is 19.3 Å². The van der Waals surface area contributed by atoms with Crippen LogP contribution < -0.4 is 0 Å². The summed E-state index contributed by atoms with van der Waals surface area (Å²) in [6.45, 7) is 5.22. The Morgan fingerprint density at radius 2 is 2.30 bits per heavy atom. The van der Waals surface area contributed by atoms with Gasteiger partial charge in [0.15, 0.2) is 0 Å². The van der Waals surface area contributed by atoms with Crippen LogP contribution in [0.25, 0.3) is 0 Å². The molecular formula is C7H15ClMgO. The van der Waals surface area contributed by atoms with Crippen molar-refractivity contribution in [3.63, 3.8) is 0 Å². The minimum atomic E-state index is -0.103. The van der Waals surface area contributed by atoms with Crippen LogP contribution in [0.1, 0.15) is 26.7 Å². The summed E-state index contributed by atoms with van der Waals surface area (Å²) >= 11 is -0.103. The van der Waals surface area contributed by atoms with E-state index in [1.54, 1.807) is 0 Å². The van der Waals surface area contributed by atoms with Crippen LogP contribution in [0.3, 0.4) is 0 Å². The molecule has 1 aliphatic heterocycles. The molecule has 1 heterocycles. The van der Waals surface area contributed by atoms with Crippen molar-refractivity contribution >= 4 is 28.3 Å². The van der Waals surface area contributed by atoms with Crippen LogP contribution in [0.2, 0.25) is 4.55 Å². The van der Waals surface area contributed by atoms with Gasteiger partial charge < -0.3 is 13.8 Å². The van der Waals surface area contributed by atoms with Crippen LogP contribution >= 0.6 is 9.07 Å². The topological polar surface area (TPSA) is 9.23 Å². The molecule has 1 atom stereocenters. The second kappa shape index (κ2) is 8.12. The molecule has 0 radical (unpaired) electrons. The lowest BCUT2D eigenvalue weighted by atomic mass is 10.3. The van der Waals surface area contributed by atoms with Crippen molar-refractivity contribution in [2.75, 3.05) is 6.61 Å². The zero-order valence-corrected chi connectivity index (χ0v) is 9.07. The molecule has 0 aromatic carbocycles. The lowest BCUT2D eigenvalue weighted by Crippen LogP contribution is -1.94. The predicted molar refractivity (Wildman–Crippen MR) is 46.7 cm³/mol. The Hall–Kier alpha value is 1.02. The average molecular weight is 175 g/mol. The van der Waals surface area contributed by atoms with Gasteiger partial charge in [-0.1, -0.05) is 6.92 Å². The Morgan fingerprint density at radius 3 is 2.40 bits per heavy atom. The van der Waals surface area contributed by atoms with Crippen LogP contribution in [0.5, 0.6) is 0 Å². The van der Waals surface area contributed by atoms with Gasteiger partial charge in [0.25, 0.3) is 0 Å². The van der Waals surface area contributed by atoms with E-state index in [2.05, 4.69) is 13.8 Å². The Bertz CT molecular complexity index is 62.6. The smallest absolute Gasteiger partial charge is 0.379 e. The van der Waals surface area contributed by atoms with Crippen molar-refractivity contribution in [2.24, 2.45) is 0 Å². The van der Waals surface area contributed by atoms with E-state index in [0.717, 1.165) is 6.61 Å². The highest BCUT2D eigenvalue weighted by Crippen LogP contribution is 2.09. The molecule has 0 N–H and O–H groups in total. The third kappa shape index (κ3) is 7.13. The third-order valence-electron chi connectivity index (χ3n) is 1.35. The summed E-state index contributed by atoms with van der Waals surface area (Å²) in [5.74, 6) is 0. The summed E-state index contributed by atoms with van der Waals surface area (Å²) in [6, 6.07) is 0. The summed E-state index contributed by atoms with van der Waals surface area (Å²) in [4.78, 5) is 0. The monoisotopic (exact) mass is 174 g/mol. The number of ether oxygens (including phenoxy) is 1. The Kier molecular flexibility index (Phi) is 8.94. The number of rotatable bonds is 1. The lowest BCUT2D eigenvalue weighted by molar-refractivity contribution is 0.125. The first-order chi connectivity index (χ1) is 4.81. The van der Waals surface area contributed by atoms with E-state index in [1.807, 2.05) is 0 Å². The molecule has 1 nitrogen and oxygen atoms in total. The first-order valence-corrected chi connectivity index (χ1v) is 7.12. The molecule has 1 rings (SSSR count). The third-order valence-corrected chi connectivity index (χ3v) is 2.86. The van der Waals surface area contributed by atoms with Crippen molar-refractivity contribution < 1.29 is 4.74 Å². The molecular weight excluding hydrogens is 160 g/mol. The average Bonchev–Trinajstić information content (AvgIpc) is 2.40. The molecule has 10 heavy (non-hydrogen) atoms. The molecule has 3 heteroatoms. The van der Waals surface area contributed by atoms with Crippen LogP contribution in [0.15, 0.2) is 0 Å². The van der Waals surface area contributed by atoms with E-state index in [0.29, 0.717) is 6.10 Å². The van der Waals surface area contributed by atoms with Crippen LogP contribution in [-0.4, -0.2) is 32.0 Å². The molecule has 0 spiro atoms. The maximum absolute atomic E-state index is 5.32. The molecule has 1 unspecified atom stereocenters. The molecule has 0 aliphatic carbocycles.